The van der Waals surface area contributed by atoms with Gasteiger partial charge < -0.3 is 34.5 Å². The predicted molar refractivity (Wildman–Crippen MR) is 152 cm³/mol. The van der Waals surface area contributed by atoms with Gasteiger partial charge in [0.25, 0.3) is 0 Å². The molecule has 0 radical (unpaired) electrons. The normalized spacial score (nSPS) is 23.2. The van der Waals surface area contributed by atoms with Crippen LogP contribution in [-0.4, -0.2) is 67.3 Å². The quantitative estimate of drug-likeness (QED) is 0.277. The zero-order valence-corrected chi connectivity index (χ0v) is 22.9. The zero-order chi connectivity index (χ0) is 28.4. The van der Waals surface area contributed by atoms with Gasteiger partial charge >= 0.3 is 0 Å². The summed E-state index contributed by atoms with van der Waals surface area (Å²) in [5.41, 5.74) is 4.89. The van der Waals surface area contributed by atoms with E-state index in [0.717, 1.165) is 40.4 Å². The highest BCUT2D eigenvalue weighted by atomic mass is 16.7. The van der Waals surface area contributed by atoms with Gasteiger partial charge in [-0.2, -0.15) is 0 Å². The zero-order valence-electron chi connectivity index (χ0n) is 22.9. The van der Waals surface area contributed by atoms with Gasteiger partial charge in [-0.1, -0.05) is 81.4 Å². The lowest BCUT2D eigenvalue weighted by atomic mass is 9.95. The Labute approximate surface area is 234 Å². The fourth-order valence-corrected chi connectivity index (χ4v) is 4.97. The summed E-state index contributed by atoms with van der Waals surface area (Å²) in [6, 6.07) is 27.7. The molecule has 2 heterocycles. The van der Waals surface area contributed by atoms with Crippen molar-refractivity contribution in [2.45, 2.75) is 58.0 Å². The largest absolute Gasteiger partial charge is 0.462 e. The second kappa shape index (κ2) is 11.5. The minimum Gasteiger partial charge on any atom is -0.462 e. The summed E-state index contributed by atoms with van der Waals surface area (Å²) in [6.45, 7) is 6.81. The number of ether oxygens (including phenoxy) is 2. The summed E-state index contributed by atoms with van der Waals surface area (Å²) in [7, 11) is 0. The van der Waals surface area contributed by atoms with E-state index in [1.54, 1.807) is 12.1 Å². The third-order valence-electron chi connectivity index (χ3n) is 6.91. The number of imidazole rings is 1. The molecule has 4 aromatic rings. The van der Waals surface area contributed by atoms with E-state index in [0.29, 0.717) is 5.75 Å². The summed E-state index contributed by atoms with van der Waals surface area (Å²) in [6.07, 6.45) is -6.72. The number of aromatic nitrogens is 2. The number of hydrogen-bond acceptors (Lipinski definition) is 7. The lowest BCUT2D eigenvalue weighted by molar-refractivity contribution is -0.277. The molecule has 1 fully saturated rings. The predicted octanol–water partition coefficient (Wildman–Crippen LogP) is 4.11. The smallest absolute Gasteiger partial charge is 0.229 e. The van der Waals surface area contributed by atoms with Crippen molar-refractivity contribution in [3.8, 4) is 39.7 Å². The first-order valence-electron chi connectivity index (χ1n) is 13.5. The fraction of sp³-hybridized carbons (Fsp3) is 0.344. The van der Waals surface area contributed by atoms with Gasteiger partial charge in [-0.25, -0.2) is 4.98 Å². The van der Waals surface area contributed by atoms with Gasteiger partial charge in [0.15, 0.2) is 0 Å². The van der Waals surface area contributed by atoms with Gasteiger partial charge in [0, 0.05) is 23.2 Å². The maximum atomic E-state index is 10.4. The van der Waals surface area contributed by atoms with E-state index in [9.17, 15) is 20.4 Å². The molecule has 210 valence electrons. The number of nitrogens with zero attached hydrogens (tertiary/aromatic N) is 2. The molecule has 5 rings (SSSR count). The molecule has 0 amide bonds. The topological polar surface area (TPSA) is 117 Å². The summed E-state index contributed by atoms with van der Waals surface area (Å²) >= 11 is 0. The highest BCUT2D eigenvalue weighted by Crippen LogP contribution is 2.38. The van der Waals surface area contributed by atoms with Gasteiger partial charge in [0.1, 0.15) is 36.0 Å². The number of benzene rings is 3. The van der Waals surface area contributed by atoms with Crippen LogP contribution in [-0.2, 0) is 11.3 Å². The van der Waals surface area contributed by atoms with Crippen molar-refractivity contribution in [1.29, 1.82) is 0 Å². The second-order valence-corrected chi connectivity index (χ2v) is 11.4. The van der Waals surface area contributed by atoms with Gasteiger partial charge in [0.2, 0.25) is 6.29 Å². The third-order valence-corrected chi connectivity index (χ3v) is 6.91. The number of aliphatic hydroxyl groups is 4. The summed E-state index contributed by atoms with van der Waals surface area (Å²) in [5.74, 6) is 1.21. The van der Waals surface area contributed by atoms with Crippen LogP contribution in [0.2, 0.25) is 0 Å². The summed E-state index contributed by atoms with van der Waals surface area (Å²) in [4.78, 5) is 5.18. The van der Waals surface area contributed by atoms with E-state index in [4.69, 9.17) is 14.5 Å². The van der Waals surface area contributed by atoms with Crippen molar-refractivity contribution < 1.29 is 29.9 Å². The first-order valence-corrected chi connectivity index (χ1v) is 13.5. The first-order chi connectivity index (χ1) is 19.2. The minimum absolute atomic E-state index is 0.0287. The molecule has 5 atom stereocenters. The molecular formula is C32H36N2O6. The van der Waals surface area contributed by atoms with Crippen molar-refractivity contribution in [2.24, 2.45) is 5.41 Å². The molecule has 1 aromatic heterocycles. The van der Waals surface area contributed by atoms with Crippen LogP contribution in [0.25, 0.3) is 33.9 Å². The van der Waals surface area contributed by atoms with Crippen molar-refractivity contribution in [3.05, 3.63) is 84.9 Å². The summed E-state index contributed by atoms with van der Waals surface area (Å²) < 4.78 is 13.6. The van der Waals surface area contributed by atoms with E-state index in [1.807, 2.05) is 48.5 Å². The van der Waals surface area contributed by atoms with Crippen LogP contribution in [0.5, 0.6) is 5.75 Å². The molecule has 8 nitrogen and oxygen atoms in total. The van der Waals surface area contributed by atoms with E-state index >= 15 is 0 Å². The van der Waals surface area contributed by atoms with Gasteiger partial charge in [-0.05, 0) is 29.7 Å². The SMILES string of the molecule is CC(C)(C)Cn1c(-c2ccc(OC3OC(CO)C(O)C(O)C3O)cc2)nc(-c2ccccc2)c1-c1ccccc1. The molecule has 1 saturated heterocycles. The molecule has 8 heteroatoms. The maximum absolute atomic E-state index is 10.4. The highest BCUT2D eigenvalue weighted by Gasteiger charge is 2.44. The van der Waals surface area contributed by atoms with Gasteiger partial charge in [0.05, 0.1) is 18.0 Å². The van der Waals surface area contributed by atoms with E-state index < -0.39 is 37.3 Å². The number of aliphatic hydroxyl groups excluding tert-OH is 4. The van der Waals surface area contributed by atoms with Gasteiger partial charge in [-0.15, -0.1) is 0 Å². The second-order valence-electron chi connectivity index (χ2n) is 11.4. The maximum Gasteiger partial charge on any atom is 0.229 e. The molecule has 1 aliphatic rings. The molecule has 4 N–H and O–H groups in total. The third kappa shape index (κ3) is 5.82. The Kier molecular flexibility index (Phi) is 8.07. The van der Waals surface area contributed by atoms with Crippen molar-refractivity contribution in [1.82, 2.24) is 9.55 Å². The fourth-order valence-electron chi connectivity index (χ4n) is 4.97. The van der Waals surface area contributed by atoms with Crippen LogP contribution in [0.15, 0.2) is 84.9 Å². The van der Waals surface area contributed by atoms with Crippen molar-refractivity contribution in [2.75, 3.05) is 6.61 Å². The number of rotatable bonds is 7. The molecule has 0 spiro atoms. The van der Waals surface area contributed by atoms with Crippen LogP contribution in [0.4, 0.5) is 0 Å². The molecule has 3 aromatic carbocycles. The van der Waals surface area contributed by atoms with Crippen molar-refractivity contribution >= 4 is 0 Å². The monoisotopic (exact) mass is 544 g/mol. The molecule has 0 aliphatic carbocycles. The summed E-state index contributed by atoms with van der Waals surface area (Å²) in [5, 5.41) is 40.0. The van der Waals surface area contributed by atoms with E-state index in [2.05, 4.69) is 49.6 Å². The Morgan fingerprint density at radius 2 is 1.38 bits per heavy atom. The van der Waals surface area contributed by atoms with E-state index in [1.165, 1.54) is 0 Å². The van der Waals surface area contributed by atoms with Gasteiger partial charge in [-0.3, -0.25) is 0 Å². The minimum atomic E-state index is -1.51. The standard InChI is InChI=1S/C32H36N2O6/c1-32(2,3)19-34-26(21-12-8-5-9-13-21)25(20-10-6-4-7-11-20)33-30(34)22-14-16-23(17-15-22)39-31-29(38)28(37)27(36)24(18-35)40-31/h4-17,24,27-29,31,35-38H,18-19H2,1-3H3. The van der Waals surface area contributed by atoms with Crippen LogP contribution >= 0.6 is 0 Å². The average molecular weight is 545 g/mol. The molecule has 1 aliphatic heterocycles. The van der Waals surface area contributed by atoms with Crippen LogP contribution in [0, 0.1) is 5.41 Å². The van der Waals surface area contributed by atoms with Crippen LogP contribution in [0.3, 0.4) is 0 Å². The first kappa shape index (κ1) is 28.0. The Morgan fingerprint density at radius 1 is 0.775 bits per heavy atom. The average Bonchev–Trinajstić information content (AvgIpc) is 3.32. The molecule has 0 bridgehead atoms. The molecule has 0 saturated carbocycles. The number of hydrogen-bond donors (Lipinski definition) is 4. The Hall–Kier alpha value is -3.53. The lowest BCUT2D eigenvalue weighted by Gasteiger charge is -2.39. The van der Waals surface area contributed by atoms with Crippen LogP contribution in [0.1, 0.15) is 20.8 Å². The molecule has 40 heavy (non-hydrogen) atoms. The Bertz CT molecular complexity index is 1400. The van der Waals surface area contributed by atoms with Crippen molar-refractivity contribution in [3.63, 3.8) is 0 Å². The van der Waals surface area contributed by atoms with Crippen LogP contribution < -0.4 is 4.74 Å². The lowest BCUT2D eigenvalue weighted by Crippen LogP contribution is -2.60. The molecule has 5 unspecified atom stereocenters. The molecular weight excluding hydrogens is 508 g/mol. The Morgan fingerprint density at radius 3 is 1.95 bits per heavy atom. The highest BCUT2D eigenvalue weighted by molar-refractivity contribution is 5.82. The Balaban J connectivity index is 1.54. The van der Waals surface area contributed by atoms with E-state index in [-0.39, 0.29) is 5.41 Å².